The fourth-order valence-electron chi connectivity index (χ4n) is 1.20. The summed E-state index contributed by atoms with van der Waals surface area (Å²) in [6.07, 6.45) is 4.01. The number of aryl methyl sites for hydroxylation is 1. The summed E-state index contributed by atoms with van der Waals surface area (Å²) in [5.41, 5.74) is 5.84. The summed E-state index contributed by atoms with van der Waals surface area (Å²) in [6, 6.07) is 0. The number of ether oxygens (including phenoxy) is 1. The molecule has 0 aliphatic heterocycles. The third kappa shape index (κ3) is 4.41. The number of carbonyl (C=O) groups excluding carboxylic acids is 1. The number of hydrogen-bond acceptors (Lipinski definition) is 4. The summed E-state index contributed by atoms with van der Waals surface area (Å²) >= 11 is 0. The lowest BCUT2D eigenvalue weighted by molar-refractivity contribution is 0.0943. The molecular formula is C10H18N4O2. The summed E-state index contributed by atoms with van der Waals surface area (Å²) in [6.45, 7) is 2.31. The lowest BCUT2D eigenvalue weighted by atomic mass is 10.3. The summed E-state index contributed by atoms with van der Waals surface area (Å²) in [5, 5.41) is 6.71. The molecule has 0 atom stereocenters. The average molecular weight is 226 g/mol. The third-order valence-corrected chi connectivity index (χ3v) is 1.98. The average Bonchev–Trinajstić information content (AvgIpc) is 2.70. The van der Waals surface area contributed by atoms with Gasteiger partial charge in [-0.15, -0.1) is 0 Å². The summed E-state index contributed by atoms with van der Waals surface area (Å²) in [4.78, 5) is 11.5. The number of nitrogens with zero attached hydrogens (tertiary/aromatic N) is 2. The van der Waals surface area contributed by atoms with Crippen LogP contribution in [0, 0.1) is 0 Å². The van der Waals surface area contributed by atoms with Gasteiger partial charge in [0.2, 0.25) is 0 Å². The molecule has 0 aliphatic carbocycles. The minimum atomic E-state index is -0.105. The minimum absolute atomic E-state index is 0.105. The first-order chi connectivity index (χ1) is 7.74. The molecule has 6 nitrogen and oxygen atoms in total. The van der Waals surface area contributed by atoms with E-state index in [-0.39, 0.29) is 5.91 Å². The lowest BCUT2D eigenvalue weighted by Crippen LogP contribution is -2.25. The molecule has 1 rings (SSSR count). The highest BCUT2D eigenvalue weighted by molar-refractivity contribution is 5.93. The van der Waals surface area contributed by atoms with Crippen LogP contribution in [0.25, 0.3) is 0 Å². The second-order valence-electron chi connectivity index (χ2n) is 3.41. The van der Waals surface area contributed by atoms with Crippen molar-refractivity contribution in [3.05, 3.63) is 18.0 Å². The molecule has 0 spiro atoms. The lowest BCUT2D eigenvalue weighted by Gasteiger charge is -2.04. The highest BCUT2D eigenvalue weighted by Crippen LogP contribution is 1.95. The van der Waals surface area contributed by atoms with Gasteiger partial charge >= 0.3 is 0 Å². The van der Waals surface area contributed by atoms with E-state index in [1.807, 2.05) is 0 Å². The zero-order valence-electron chi connectivity index (χ0n) is 9.48. The molecule has 16 heavy (non-hydrogen) atoms. The highest BCUT2D eigenvalue weighted by Gasteiger charge is 2.05. The molecule has 6 heteroatoms. The summed E-state index contributed by atoms with van der Waals surface area (Å²) in [7, 11) is 1.78. The van der Waals surface area contributed by atoms with E-state index in [1.54, 1.807) is 24.1 Å². The SMILES string of the molecule is Cn1cc(C(=O)NCCCOCCN)cn1. The molecule has 0 radical (unpaired) electrons. The van der Waals surface area contributed by atoms with Crippen LogP contribution in [-0.4, -0.2) is 42.0 Å². The van der Waals surface area contributed by atoms with Crippen LogP contribution in [-0.2, 0) is 11.8 Å². The molecule has 90 valence electrons. The fraction of sp³-hybridized carbons (Fsp3) is 0.600. The predicted octanol–water partition coefficient (Wildman–Crippen LogP) is -0.485. The molecule has 1 amide bonds. The van der Waals surface area contributed by atoms with E-state index in [9.17, 15) is 4.79 Å². The fourth-order valence-corrected chi connectivity index (χ4v) is 1.20. The van der Waals surface area contributed by atoms with E-state index >= 15 is 0 Å². The summed E-state index contributed by atoms with van der Waals surface area (Å²) < 4.78 is 6.78. The number of nitrogens with two attached hydrogens (primary N) is 1. The molecule has 1 aromatic rings. The van der Waals surface area contributed by atoms with Crippen LogP contribution in [0.4, 0.5) is 0 Å². The highest BCUT2D eigenvalue weighted by atomic mass is 16.5. The van der Waals surface area contributed by atoms with Gasteiger partial charge in [-0.1, -0.05) is 0 Å². The van der Waals surface area contributed by atoms with Gasteiger partial charge in [-0.3, -0.25) is 9.48 Å². The van der Waals surface area contributed by atoms with Crippen LogP contribution >= 0.6 is 0 Å². The molecule has 0 unspecified atom stereocenters. The van der Waals surface area contributed by atoms with Crippen molar-refractivity contribution in [3.63, 3.8) is 0 Å². The van der Waals surface area contributed by atoms with E-state index < -0.39 is 0 Å². The Bertz CT molecular complexity index is 324. The molecule has 0 saturated heterocycles. The first kappa shape index (κ1) is 12.7. The van der Waals surface area contributed by atoms with E-state index in [2.05, 4.69) is 10.4 Å². The Morgan fingerprint density at radius 1 is 1.62 bits per heavy atom. The van der Waals surface area contributed by atoms with E-state index in [1.165, 1.54) is 0 Å². The Kier molecular flexibility index (Phi) is 5.52. The maximum atomic E-state index is 11.5. The van der Waals surface area contributed by atoms with Crippen molar-refractivity contribution < 1.29 is 9.53 Å². The topological polar surface area (TPSA) is 82.2 Å². The first-order valence-corrected chi connectivity index (χ1v) is 5.28. The molecule has 0 aliphatic rings. The Labute approximate surface area is 94.8 Å². The van der Waals surface area contributed by atoms with Gasteiger partial charge in [0.25, 0.3) is 5.91 Å². The van der Waals surface area contributed by atoms with Gasteiger partial charge in [0.1, 0.15) is 0 Å². The van der Waals surface area contributed by atoms with E-state index in [4.69, 9.17) is 10.5 Å². The van der Waals surface area contributed by atoms with Crippen LogP contribution in [0.5, 0.6) is 0 Å². The second-order valence-corrected chi connectivity index (χ2v) is 3.41. The van der Waals surface area contributed by atoms with Crippen LogP contribution in [0.1, 0.15) is 16.8 Å². The quantitative estimate of drug-likeness (QED) is 0.615. The molecule has 0 aromatic carbocycles. The van der Waals surface area contributed by atoms with Crippen molar-refractivity contribution in [3.8, 4) is 0 Å². The van der Waals surface area contributed by atoms with E-state index in [0.717, 1.165) is 6.42 Å². The van der Waals surface area contributed by atoms with Crippen molar-refractivity contribution in [1.82, 2.24) is 15.1 Å². The second kappa shape index (κ2) is 6.97. The van der Waals surface area contributed by atoms with E-state index in [0.29, 0.717) is 31.9 Å². The largest absolute Gasteiger partial charge is 0.380 e. The molecule has 1 aromatic heterocycles. The van der Waals surface area contributed by atoms with Crippen molar-refractivity contribution in [2.24, 2.45) is 12.8 Å². The van der Waals surface area contributed by atoms with Crippen LogP contribution in [0.15, 0.2) is 12.4 Å². The smallest absolute Gasteiger partial charge is 0.254 e. The number of nitrogens with one attached hydrogen (secondary N) is 1. The van der Waals surface area contributed by atoms with Crippen LogP contribution in [0.3, 0.4) is 0 Å². The Morgan fingerprint density at radius 2 is 2.44 bits per heavy atom. The Morgan fingerprint density at radius 3 is 3.06 bits per heavy atom. The monoisotopic (exact) mass is 226 g/mol. The van der Waals surface area contributed by atoms with Gasteiger partial charge in [0, 0.05) is 32.9 Å². The number of amides is 1. The zero-order valence-corrected chi connectivity index (χ0v) is 9.48. The molecule has 3 N–H and O–H groups in total. The number of aromatic nitrogens is 2. The normalized spacial score (nSPS) is 10.4. The van der Waals surface area contributed by atoms with Gasteiger partial charge in [-0.25, -0.2) is 0 Å². The third-order valence-electron chi connectivity index (χ3n) is 1.98. The van der Waals surface area contributed by atoms with Gasteiger partial charge in [0.05, 0.1) is 18.4 Å². The maximum absolute atomic E-state index is 11.5. The molecular weight excluding hydrogens is 208 g/mol. The number of hydrogen-bond donors (Lipinski definition) is 2. The Balaban J connectivity index is 2.11. The van der Waals surface area contributed by atoms with Crippen molar-refractivity contribution in [2.75, 3.05) is 26.3 Å². The van der Waals surface area contributed by atoms with Crippen molar-refractivity contribution in [1.29, 1.82) is 0 Å². The summed E-state index contributed by atoms with van der Waals surface area (Å²) in [5.74, 6) is -0.105. The molecule has 0 bridgehead atoms. The first-order valence-electron chi connectivity index (χ1n) is 5.28. The predicted molar refractivity (Wildman–Crippen MR) is 60.0 cm³/mol. The minimum Gasteiger partial charge on any atom is -0.380 e. The van der Waals surface area contributed by atoms with Gasteiger partial charge < -0.3 is 15.8 Å². The number of rotatable bonds is 7. The van der Waals surface area contributed by atoms with Gasteiger partial charge in [0.15, 0.2) is 0 Å². The Hall–Kier alpha value is -1.40. The van der Waals surface area contributed by atoms with Gasteiger partial charge in [-0.05, 0) is 6.42 Å². The maximum Gasteiger partial charge on any atom is 0.254 e. The number of carbonyl (C=O) groups is 1. The molecule has 1 heterocycles. The van der Waals surface area contributed by atoms with Crippen molar-refractivity contribution in [2.45, 2.75) is 6.42 Å². The molecule has 0 fully saturated rings. The van der Waals surface area contributed by atoms with Crippen molar-refractivity contribution >= 4 is 5.91 Å². The molecule has 0 saturated carbocycles. The van der Waals surface area contributed by atoms with Crippen LogP contribution in [0.2, 0.25) is 0 Å². The van der Waals surface area contributed by atoms with Gasteiger partial charge in [-0.2, -0.15) is 5.10 Å². The standard InChI is InChI=1S/C10H18N4O2/c1-14-8-9(7-13-14)10(15)12-4-2-5-16-6-3-11/h7-8H,2-6,11H2,1H3,(H,12,15). The van der Waals surface area contributed by atoms with Crippen LogP contribution < -0.4 is 11.1 Å². The zero-order chi connectivity index (χ0) is 11.8.